The first-order chi connectivity index (χ1) is 22.1. The number of hydrogen-bond acceptors (Lipinski definition) is 12. The van der Waals surface area contributed by atoms with Gasteiger partial charge in [-0.1, -0.05) is 6.92 Å². The van der Waals surface area contributed by atoms with Gasteiger partial charge >= 0.3 is 0 Å². The van der Waals surface area contributed by atoms with E-state index in [2.05, 4.69) is 73.6 Å². The van der Waals surface area contributed by atoms with Gasteiger partial charge in [0.1, 0.15) is 25.0 Å². The van der Waals surface area contributed by atoms with E-state index >= 15 is 0 Å². The van der Waals surface area contributed by atoms with Crippen LogP contribution < -0.4 is 25.6 Å². The third-order valence-electron chi connectivity index (χ3n) is 9.16. The second-order valence-corrected chi connectivity index (χ2v) is 16.6. The zero-order chi connectivity index (χ0) is 32.6. The fourth-order valence-corrected chi connectivity index (χ4v) is 8.27. The first-order valence-electron chi connectivity index (χ1n) is 15.8. The Balaban J connectivity index is 1.23. The van der Waals surface area contributed by atoms with Gasteiger partial charge in [-0.25, -0.2) is 14.5 Å². The van der Waals surface area contributed by atoms with E-state index in [-0.39, 0.29) is 0 Å². The first kappa shape index (κ1) is 32.6. The SMILES string of the molecule is CCc1cc(Nc2ncc(SC)c(Nc3ccn4ncnc4c3P(C)(C)=O)n2)c(OC)cc1N1CCC(N2CC(N(C)C)C2)CC1. The largest absolute Gasteiger partial charge is 0.494 e. The van der Waals surface area contributed by atoms with E-state index in [4.69, 9.17) is 9.72 Å². The highest BCUT2D eigenvalue weighted by atomic mass is 32.2. The Kier molecular flexibility index (Phi) is 9.48. The third kappa shape index (κ3) is 6.56. The molecular formula is C32H45N10O2PS. The van der Waals surface area contributed by atoms with E-state index in [1.807, 2.05) is 12.3 Å². The number of nitrogens with zero attached hydrogens (tertiary/aromatic N) is 8. The Morgan fingerprint density at radius 1 is 1.11 bits per heavy atom. The van der Waals surface area contributed by atoms with Crippen molar-refractivity contribution in [2.75, 3.05) is 82.5 Å². The molecule has 2 N–H and O–H groups in total. The number of aryl methyl sites for hydroxylation is 1. The minimum atomic E-state index is -2.72. The van der Waals surface area contributed by atoms with E-state index in [0.717, 1.165) is 35.8 Å². The summed E-state index contributed by atoms with van der Waals surface area (Å²) in [6.07, 6.45) is 10.3. The monoisotopic (exact) mass is 664 g/mol. The number of anilines is 5. The summed E-state index contributed by atoms with van der Waals surface area (Å²) in [4.78, 5) is 22.2. The van der Waals surface area contributed by atoms with Crippen molar-refractivity contribution in [2.45, 2.75) is 43.2 Å². The summed E-state index contributed by atoms with van der Waals surface area (Å²) in [7, 11) is 3.34. The number of piperidine rings is 1. The number of likely N-dealkylation sites (N-methyl/N-ethyl adjacent to an activating group) is 1. The lowest BCUT2D eigenvalue weighted by Gasteiger charge is -2.49. The predicted molar refractivity (Wildman–Crippen MR) is 189 cm³/mol. The number of fused-ring (bicyclic) bond motifs is 1. The van der Waals surface area contributed by atoms with Crippen molar-refractivity contribution >= 4 is 58.7 Å². The van der Waals surface area contributed by atoms with Crippen molar-refractivity contribution < 1.29 is 9.30 Å². The summed E-state index contributed by atoms with van der Waals surface area (Å²) in [5.74, 6) is 1.79. The molecule has 3 aromatic heterocycles. The molecule has 14 heteroatoms. The van der Waals surface area contributed by atoms with Gasteiger partial charge in [0.25, 0.3) is 0 Å². The molecule has 2 saturated heterocycles. The highest BCUT2D eigenvalue weighted by Crippen LogP contribution is 2.41. The summed E-state index contributed by atoms with van der Waals surface area (Å²) in [5.41, 5.74) is 4.55. The van der Waals surface area contributed by atoms with Crippen LogP contribution in [0.5, 0.6) is 5.75 Å². The van der Waals surface area contributed by atoms with Gasteiger partial charge in [-0.05, 0) is 70.6 Å². The van der Waals surface area contributed by atoms with E-state index in [0.29, 0.717) is 40.5 Å². The quantitative estimate of drug-likeness (QED) is 0.170. The summed E-state index contributed by atoms with van der Waals surface area (Å²) in [5, 5.41) is 11.7. The van der Waals surface area contributed by atoms with Crippen LogP contribution in [0.1, 0.15) is 25.3 Å². The average Bonchev–Trinajstić information content (AvgIpc) is 3.48. The molecule has 0 atom stereocenters. The molecule has 1 aromatic carbocycles. The van der Waals surface area contributed by atoms with Crippen LogP contribution in [-0.4, -0.2) is 113 Å². The highest BCUT2D eigenvalue weighted by Gasteiger charge is 2.35. The van der Waals surface area contributed by atoms with Crippen molar-refractivity contribution in [1.29, 1.82) is 0 Å². The van der Waals surface area contributed by atoms with Crippen molar-refractivity contribution in [3.8, 4) is 5.75 Å². The van der Waals surface area contributed by atoms with Crippen LogP contribution in [0, 0.1) is 0 Å². The molecule has 0 saturated carbocycles. The van der Waals surface area contributed by atoms with Crippen molar-refractivity contribution in [1.82, 2.24) is 34.4 Å². The van der Waals surface area contributed by atoms with Crippen LogP contribution >= 0.6 is 18.9 Å². The van der Waals surface area contributed by atoms with Crippen LogP contribution in [-0.2, 0) is 11.0 Å². The Morgan fingerprint density at radius 2 is 1.87 bits per heavy atom. The van der Waals surface area contributed by atoms with Gasteiger partial charge < -0.3 is 29.7 Å². The first-order valence-corrected chi connectivity index (χ1v) is 19.6. The van der Waals surface area contributed by atoms with Gasteiger partial charge in [0.05, 0.1) is 28.7 Å². The minimum Gasteiger partial charge on any atom is -0.494 e. The molecule has 2 fully saturated rings. The number of hydrogen-bond donors (Lipinski definition) is 2. The van der Waals surface area contributed by atoms with E-state index < -0.39 is 7.14 Å². The third-order valence-corrected chi connectivity index (χ3v) is 11.4. The zero-order valence-electron chi connectivity index (χ0n) is 27.8. The molecule has 4 aromatic rings. The van der Waals surface area contributed by atoms with Crippen LogP contribution in [0.3, 0.4) is 0 Å². The Labute approximate surface area is 275 Å². The molecule has 0 amide bonds. The van der Waals surface area contributed by atoms with Gasteiger partial charge in [-0.3, -0.25) is 4.90 Å². The number of methoxy groups -OCH3 is 1. The number of aromatic nitrogens is 5. The number of nitrogens with one attached hydrogen (secondary N) is 2. The molecule has 0 aliphatic carbocycles. The molecule has 2 aliphatic rings. The lowest BCUT2D eigenvalue weighted by Crippen LogP contribution is -2.62. The number of ether oxygens (including phenoxy) is 1. The molecule has 0 unspecified atom stereocenters. The second kappa shape index (κ2) is 13.4. The number of pyridine rings is 1. The van der Waals surface area contributed by atoms with Gasteiger partial charge in [-0.15, -0.1) is 11.8 Å². The molecule has 2 aliphatic heterocycles. The summed E-state index contributed by atoms with van der Waals surface area (Å²) in [6.45, 7) is 10.1. The number of rotatable bonds is 11. The average molecular weight is 665 g/mol. The second-order valence-electron chi connectivity index (χ2n) is 12.6. The van der Waals surface area contributed by atoms with E-state index in [1.165, 1.54) is 55.3 Å². The van der Waals surface area contributed by atoms with Crippen molar-refractivity contribution in [2.24, 2.45) is 0 Å². The van der Waals surface area contributed by atoms with Crippen LogP contribution in [0.25, 0.3) is 5.65 Å². The fourth-order valence-electron chi connectivity index (χ4n) is 6.47. The predicted octanol–water partition coefficient (Wildman–Crippen LogP) is 4.76. The standard InChI is InChI=1S/C32H45N10O2PS/c1-8-21-15-25(27(44-4)16-26(21)40-12-9-22(10-13-40)41-18-23(19-41)39(2)3)37-32-33-17-28(46-7)30(38-32)36-24-11-14-42-31(34-20-35-42)29(24)45(5,6)43/h11,14-17,20,22-23H,8-10,12-13,18-19H2,1-7H3,(H2,33,36,37,38). The van der Waals surface area contributed by atoms with Crippen LogP contribution in [0.2, 0.25) is 0 Å². The molecule has 5 heterocycles. The zero-order valence-corrected chi connectivity index (χ0v) is 29.5. The molecule has 246 valence electrons. The van der Waals surface area contributed by atoms with Crippen LogP contribution in [0.15, 0.2) is 41.8 Å². The van der Waals surface area contributed by atoms with Crippen molar-refractivity contribution in [3.05, 3.63) is 42.5 Å². The molecule has 0 spiro atoms. The molecule has 6 rings (SSSR count). The minimum absolute atomic E-state index is 0.432. The van der Waals surface area contributed by atoms with E-state index in [9.17, 15) is 4.57 Å². The van der Waals surface area contributed by atoms with Gasteiger partial charge in [0, 0.05) is 62.4 Å². The molecule has 12 nitrogen and oxygen atoms in total. The van der Waals surface area contributed by atoms with E-state index in [1.54, 1.807) is 37.3 Å². The maximum absolute atomic E-state index is 13.4. The number of likely N-dealkylation sites (tertiary alicyclic amines) is 1. The lowest BCUT2D eigenvalue weighted by molar-refractivity contribution is 0.0188. The van der Waals surface area contributed by atoms with Gasteiger partial charge in [0.2, 0.25) is 5.95 Å². The molecule has 0 radical (unpaired) electrons. The maximum atomic E-state index is 13.4. The Morgan fingerprint density at radius 3 is 2.52 bits per heavy atom. The number of thioether (sulfide) groups is 1. The lowest BCUT2D eigenvalue weighted by atomic mass is 9.96. The number of benzene rings is 1. The topological polar surface area (TPSA) is 116 Å². The normalized spacial score (nSPS) is 16.7. The fraction of sp³-hybridized carbons (Fsp3) is 0.500. The summed E-state index contributed by atoms with van der Waals surface area (Å²) < 4.78 is 20.9. The Bertz CT molecular complexity index is 1740. The van der Waals surface area contributed by atoms with Gasteiger partial charge in [0.15, 0.2) is 5.65 Å². The molecular weight excluding hydrogens is 619 g/mol. The van der Waals surface area contributed by atoms with Gasteiger partial charge in [-0.2, -0.15) is 10.1 Å². The maximum Gasteiger partial charge on any atom is 0.229 e. The highest BCUT2D eigenvalue weighted by molar-refractivity contribution is 7.98. The molecule has 0 bridgehead atoms. The molecule has 46 heavy (non-hydrogen) atoms. The van der Waals surface area contributed by atoms with Crippen LogP contribution in [0.4, 0.5) is 28.8 Å². The smallest absolute Gasteiger partial charge is 0.229 e. The summed E-state index contributed by atoms with van der Waals surface area (Å²) in [6, 6.07) is 7.54. The summed E-state index contributed by atoms with van der Waals surface area (Å²) >= 11 is 1.54. The Hall–Kier alpha value is -3.38. The van der Waals surface area contributed by atoms with Crippen molar-refractivity contribution in [3.63, 3.8) is 0 Å².